The number of sulfonamides is 1. The molecule has 0 fully saturated rings. The molecule has 7 nitrogen and oxygen atoms in total. The molecule has 0 atom stereocenters. The maximum Gasteiger partial charge on any atom is 0.341 e. The third kappa shape index (κ3) is 6.32. The van der Waals surface area contributed by atoms with Crippen molar-refractivity contribution >= 4 is 27.8 Å². The Kier molecular flexibility index (Phi) is 7.86. The van der Waals surface area contributed by atoms with Gasteiger partial charge in [-0.05, 0) is 35.1 Å². The minimum Gasteiger partial charge on any atom is -0.491 e. The molecule has 168 valence electrons. The molecular formula is C23H30N2O5S. The molecule has 0 bridgehead atoms. The standard InChI is InChI=1S/C23H30N2O5S/c1-5-16-10-11-18(20(22(26)27)21(16)30-15-14-24)25-31(28,29)19-9-7-6-8-17(19)12-13-23(2,3)4/h6-13,25H,5,14-15,24H2,1-4H3,(H,26,27). The van der Waals surface area contributed by atoms with E-state index in [-0.39, 0.29) is 40.5 Å². The highest BCUT2D eigenvalue weighted by Crippen LogP contribution is 2.33. The summed E-state index contributed by atoms with van der Waals surface area (Å²) in [5.74, 6) is -1.16. The van der Waals surface area contributed by atoms with E-state index >= 15 is 0 Å². The highest BCUT2D eigenvalue weighted by Gasteiger charge is 2.25. The Morgan fingerprint density at radius 3 is 2.45 bits per heavy atom. The maximum atomic E-state index is 13.2. The largest absolute Gasteiger partial charge is 0.491 e. The van der Waals surface area contributed by atoms with Crippen molar-refractivity contribution in [3.8, 4) is 5.75 Å². The number of carboxylic acids is 1. The molecule has 0 aliphatic carbocycles. The molecule has 0 unspecified atom stereocenters. The number of carbonyl (C=O) groups is 1. The SMILES string of the molecule is CCc1ccc(NS(=O)(=O)c2ccccc2C=CC(C)(C)C)c(C(=O)O)c1OCCN. The van der Waals surface area contributed by atoms with Crippen LogP contribution in [0.4, 0.5) is 5.69 Å². The number of nitrogens with one attached hydrogen (secondary N) is 1. The Bertz CT molecular complexity index is 1070. The van der Waals surface area contributed by atoms with Gasteiger partial charge in [0.15, 0.2) is 0 Å². The van der Waals surface area contributed by atoms with Crippen molar-refractivity contribution in [2.45, 2.75) is 39.0 Å². The highest BCUT2D eigenvalue weighted by atomic mass is 32.2. The molecule has 0 amide bonds. The van der Waals surface area contributed by atoms with Crippen molar-refractivity contribution in [2.75, 3.05) is 17.9 Å². The van der Waals surface area contributed by atoms with E-state index in [2.05, 4.69) is 4.72 Å². The predicted molar refractivity (Wildman–Crippen MR) is 123 cm³/mol. The number of hydrogen-bond donors (Lipinski definition) is 3. The molecule has 0 aliphatic rings. The van der Waals surface area contributed by atoms with Crippen molar-refractivity contribution in [2.24, 2.45) is 11.1 Å². The van der Waals surface area contributed by atoms with Gasteiger partial charge in [0.2, 0.25) is 0 Å². The van der Waals surface area contributed by atoms with E-state index in [0.29, 0.717) is 17.5 Å². The number of hydrogen-bond acceptors (Lipinski definition) is 5. The normalized spacial score (nSPS) is 12.2. The summed E-state index contributed by atoms with van der Waals surface area (Å²) in [7, 11) is -4.07. The number of rotatable bonds is 9. The van der Waals surface area contributed by atoms with Crippen LogP contribution in [0.1, 0.15) is 49.2 Å². The van der Waals surface area contributed by atoms with Gasteiger partial charge in [-0.3, -0.25) is 4.72 Å². The number of allylic oxidation sites excluding steroid dienone is 1. The maximum absolute atomic E-state index is 13.2. The highest BCUT2D eigenvalue weighted by molar-refractivity contribution is 7.92. The first-order valence-electron chi connectivity index (χ1n) is 10.0. The molecule has 31 heavy (non-hydrogen) atoms. The van der Waals surface area contributed by atoms with Crippen LogP contribution in [0.3, 0.4) is 0 Å². The third-order valence-electron chi connectivity index (χ3n) is 4.41. The lowest BCUT2D eigenvalue weighted by molar-refractivity contribution is 0.0693. The summed E-state index contributed by atoms with van der Waals surface area (Å²) in [5, 5.41) is 9.80. The molecule has 0 saturated heterocycles. The Morgan fingerprint density at radius 1 is 1.19 bits per heavy atom. The average molecular weight is 447 g/mol. The van der Waals surface area contributed by atoms with Gasteiger partial charge >= 0.3 is 5.97 Å². The molecule has 2 aromatic carbocycles. The van der Waals surface area contributed by atoms with Gasteiger partial charge in [-0.1, -0.05) is 64.1 Å². The molecule has 0 aliphatic heterocycles. The van der Waals surface area contributed by atoms with Crippen molar-refractivity contribution in [3.05, 3.63) is 59.2 Å². The summed E-state index contributed by atoms with van der Waals surface area (Å²) in [6.07, 6.45) is 4.19. The summed E-state index contributed by atoms with van der Waals surface area (Å²) in [6, 6.07) is 9.66. The average Bonchev–Trinajstić information content (AvgIpc) is 2.69. The molecule has 2 aromatic rings. The van der Waals surface area contributed by atoms with E-state index in [1.807, 2.05) is 33.8 Å². The molecular weight excluding hydrogens is 416 g/mol. The number of aryl methyl sites for hydroxylation is 1. The Morgan fingerprint density at radius 2 is 1.87 bits per heavy atom. The van der Waals surface area contributed by atoms with E-state index in [1.54, 1.807) is 30.3 Å². The first-order valence-corrected chi connectivity index (χ1v) is 11.5. The van der Waals surface area contributed by atoms with Crippen LogP contribution in [0.2, 0.25) is 0 Å². The zero-order chi connectivity index (χ0) is 23.2. The Labute approximate surface area is 184 Å². The lowest BCUT2D eigenvalue weighted by Crippen LogP contribution is -2.19. The molecule has 0 saturated carbocycles. The molecule has 0 radical (unpaired) electrons. The van der Waals surface area contributed by atoms with Gasteiger partial charge in [-0.25, -0.2) is 13.2 Å². The van der Waals surface area contributed by atoms with Crippen molar-refractivity contribution in [1.82, 2.24) is 0 Å². The molecule has 2 rings (SSSR count). The van der Waals surface area contributed by atoms with Gasteiger partial charge in [0.1, 0.15) is 17.9 Å². The van der Waals surface area contributed by atoms with Crippen LogP contribution in [0.5, 0.6) is 5.75 Å². The molecule has 0 aromatic heterocycles. The van der Waals surface area contributed by atoms with Crippen LogP contribution in [0, 0.1) is 5.41 Å². The van der Waals surface area contributed by atoms with Crippen LogP contribution < -0.4 is 15.2 Å². The van der Waals surface area contributed by atoms with Gasteiger partial charge in [0, 0.05) is 6.54 Å². The number of nitrogens with two attached hydrogens (primary N) is 1. The number of carboxylic acid groups (broad SMARTS) is 1. The number of anilines is 1. The fraction of sp³-hybridized carbons (Fsp3) is 0.348. The van der Waals surface area contributed by atoms with E-state index in [4.69, 9.17) is 10.5 Å². The summed E-state index contributed by atoms with van der Waals surface area (Å²) in [4.78, 5) is 12.1. The minimum atomic E-state index is -4.07. The first kappa shape index (κ1) is 24.4. The lowest BCUT2D eigenvalue weighted by Gasteiger charge is -2.18. The first-order chi connectivity index (χ1) is 14.5. The topological polar surface area (TPSA) is 119 Å². The van der Waals surface area contributed by atoms with Crippen LogP contribution in [0.25, 0.3) is 6.08 Å². The minimum absolute atomic E-state index is 0.0517. The van der Waals surface area contributed by atoms with Crippen molar-refractivity contribution in [3.63, 3.8) is 0 Å². The molecule has 0 spiro atoms. The second kappa shape index (κ2) is 9.98. The van der Waals surface area contributed by atoms with E-state index in [9.17, 15) is 18.3 Å². The van der Waals surface area contributed by atoms with Gasteiger partial charge < -0.3 is 15.6 Å². The van der Waals surface area contributed by atoms with Gasteiger partial charge in [0.25, 0.3) is 10.0 Å². The van der Waals surface area contributed by atoms with Crippen LogP contribution >= 0.6 is 0 Å². The summed E-state index contributed by atoms with van der Waals surface area (Å²) in [5.41, 5.74) is 6.22. The van der Waals surface area contributed by atoms with E-state index in [1.165, 1.54) is 12.1 Å². The fourth-order valence-electron chi connectivity index (χ4n) is 2.93. The van der Waals surface area contributed by atoms with Gasteiger partial charge in [0.05, 0.1) is 10.6 Å². The Balaban J connectivity index is 2.56. The van der Waals surface area contributed by atoms with Gasteiger partial charge in [-0.2, -0.15) is 0 Å². The summed E-state index contributed by atoms with van der Waals surface area (Å²) >= 11 is 0. The fourth-order valence-corrected chi connectivity index (χ4v) is 4.20. The zero-order valence-corrected chi connectivity index (χ0v) is 19.1. The molecule has 0 heterocycles. The number of aromatic carboxylic acids is 1. The van der Waals surface area contributed by atoms with Crippen molar-refractivity contribution < 1.29 is 23.1 Å². The summed E-state index contributed by atoms with van der Waals surface area (Å²) < 4.78 is 34.4. The molecule has 8 heteroatoms. The van der Waals surface area contributed by atoms with Crippen LogP contribution in [0.15, 0.2) is 47.4 Å². The quantitative estimate of drug-likeness (QED) is 0.533. The van der Waals surface area contributed by atoms with Crippen LogP contribution in [-0.2, 0) is 16.4 Å². The van der Waals surface area contributed by atoms with Crippen LogP contribution in [-0.4, -0.2) is 32.6 Å². The Hall–Kier alpha value is -2.84. The molecule has 4 N–H and O–H groups in total. The predicted octanol–water partition coefficient (Wildman–Crippen LogP) is 4.14. The second-order valence-corrected chi connectivity index (χ2v) is 9.77. The number of benzene rings is 2. The summed E-state index contributed by atoms with van der Waals surface area (Å²) in [6.45, 7) is 8.20. The lowest BCUT2D eigenvalue weighted by atomic mass is 9.95. The third-order valence-corrected chi connectivity index (χ3v) is 5.85. The van der Waals surface area contributed by atoms with E-state index in [0.717, 1.165) is 0 Å². The monoisotopic (exact) mass is 446 g/mol. The number of ether oxygens (including phenoxy) is 1. The second-order valence-electron chi connectivity index (χ2n) is 8.11. The zero-order valence-electron chi connectivity index (χ0n) is 18.3. The van der Waals surface area contributed by atoms with Gasteiger partial charge in [-0.15, -0.1) is 0 Å². The smallest absolute Gasteiger partial charge is 0.341 e. The van der Waals surface area contributed by atoms with Crippen molar-refractivity contribution in [1.29, 1.82) is 0 Å². The van der Waals surface area contributed by atoms with E-state index < -0.39 is 16.0 Å².